The van der Waals surface area contributed by atoms with E-state index in [2.05, 4.69) is 5.32 Å². The van der Waals surface area contributed by atoms with Crippen molar-refractivity contribution in [1.82, 2.24) is 0 Å². The number of aliphatic hydroxyl groups excluding tert-OH is 1. The summed E-state index contributed by atoms with van der Waals surface area (Å²) >= 11 is 0. The second kappa shape index (κ2) is 8.02. The number of carbonyl (C=O) groups is 1. The smallest absolute Gasteiger partial charge is 0.227 e. The first-order chi connectivity index (χ1) is 9.41. The van der Waals surface area contributed by atoms with Gasteiger partial charge in [0.25, 0.3) is 0 Å². The van der Waals surface area contributed by atoms with Gasteiger partial charge in [0.2, 0.25) is 5.91 Å². The normalized spacial score (nSPS) is 15.4. The van der Waals surface area contributed by atoms with Crippen LogP contribution in [0.15, 0.2) is 24.3 Å². The minimum absolute atomic E-state index is 0.0113. The number of hydrogen-bond acceptors (Lipinski definition) is 3. The second-order valence-electron chi connectivity index (χ2n) is 5.56. The number of amides is 1. The van der Waals surface area contributed by atoms with Crippen molar-refractivity contribution in [3.05, 3.63) is 29.8 Å². The van der Waals surface area contributed by atoms with Gasteiger partial charge in [-0.15, -0.1) is 0 Å². The van der Waals surface area contributed by atoms with Crippen LogP contribution in [0.5, 0.6) is 0 Å². The number of aliphatic hydroxyl groups is 1. The summed E-state index contributed by atoms with van der Waals surface area (Å²) in [6.45, 7) is 5.59. The van der Waals surface area contributed by atoms with Gasteiger partial charge in [-0.2, -0.15) is 0 Å². The fourth-order valence-electron chi connectivity index (χ4n) is 2.11. The summed E-state index contributed by atoms with van der Waals surface area (Å²) in [5.41, 5.74) is 7.13. The van der Waals surface area contributed by atoms with E-state index in [0.29, 0.717) is 5.69 Å². The number of hydrogen-bond donors (Lipinski definition) is 3. The molecule has 4 N–H and O–H groups in total. The van der Waals surface area contributed by atoms with Crippen LogP contribution < -0.4 is 11.1 Å². The van der Waals surface area contributed by atoms with Crippen molar-refractivity contribution in [1.29, 1.82) is 0 Å². The molecule has 0 spiro atoms. The Labute approximate surface area is 121 Å². The molecule has 0 radical (unpaired) electrons. The first-order valence-corrected chi connectivity index (χ1v) is 7.25. The molecular formula is C16H26N2O2. The van der Waals surface area contributed by atoms with Crippen LogP contribution in [0.1, 0.15) is 51.7 Å². The monoisotopic (exact) mass is 278 g/mol. The summed E-state index contributed by atoms with van der Waals surface area (Å²) in [5, 5.41) is 12.6. The average molecular weight is 278 g/mol. The molecule has 0 aromatic heterocycles. The van der Waals surface area contributed by atoms with E-state index >= 15 is 0 Å². The van der Waals surface area contributed by atoms with E-state index in [1.165, 1.54) is 0 Å². The molecule has 4 heteroatoms. The van der Waals surface area contributed by atoms with Crippen LogP contribution in [0, 0.1) is 5.92 Å². The van der Waals surface area contributed by atoms with E-state index in [1.807, 2.05) is 38.1 Å². The molecule has 0 aliphatic carbocycles. The molecule has 0 fully saturated rings. The summed E-state index contributed by atoms with van der Waals surface area (Å²) in [7, 11) is 0. The van der Waals surface area contributed by atoms with Crippen LogP contribution in [0.2, 0.25) is 0 Å². The predicted molar refractivity (Wildman–Crippen MR) is 82.4 cm³/mol. The van der Waals surface area contributed by atoms with Crippen molar-refractivity contribution >= 4 is 11.6 Å². The Bertz CT molecular complexity index is 430. The highest BCUT2D eigenvalue weighted by Crippen LogP contribution is 2.23. The number of benzene rings is 1. The first kappa shape index (κ1) is 16.7. The first-order valence-electron chi connectivity index (χ1n) is 7.25. The third kappa shape index (κ3) is 5.31. The van der Waals surface area contributed by atoms with Crippen molar-refractivity contribution < 1.29 is 9.90 Å². The van der Waals surface area contributed by atoms with Gasteiger partial charge < -0.3 is 16.2 Å². The molecule has 3 unspecified atom stereocenters. The van der Waals surface area contributed by atoms with Crippen molar-refractivity contribution in [3.63, 3.8) is 0 Å². The Morgan fingerprint density at radius 2 is 1.90 bits per heavy atom. The highest BCUT2D eigenvalue weighted by atomic mass is 16.3. The predicted octanol–water partition coefficient (Wildman–Crippen LogP) is 2.83. The third-order valence-corrected chi connectivity index (χ3v) is 3.41. The van der Waals surface area contributed by atoms with Crippen LogP contribution >= 0.6 is 0 Å². The minimum Gasteiger partial charge on any atom is -0.389 e. The van der Waals surface area contributed by atoms with Gasteiger partial charge in [-0.1, -0.05) is 31.5 Å². The Kier molecular flexibility index (Phi) is 6.68. The van der Waals surface area contributed by atoms with E-state index in [1.54, 1.807) is 6.92 Å². The molecule has 1 rings (SSSR count). The Hall–Kier alpha value is -1.39. The van der Waals surface area contributed by atoms with E-state index in [-0.39, 0.29) is 17.9 Å². The summed E-state index contributed by atoms with van der Waals surface area (Å²) in [6, 6.07) is 7.52. The molecule has 3 atom stereocenters. The summed E-state index contributed by atoms with van der Waals surface area (Å²) < 4.78 is 0. The van der Waals surface area contributed by atoms with Crippen molar-refractivity contribution in [2.45, 2.75) is 52.2 Å². The SMILES string of the molecule is CC(N)CCCC(C)C(=O)Nc1ccccc1C(C)O. The van der Waals surface area contributed by atoms with Gasteiger partial charge in [-0.05, 0) is 32.8 Å². The molecule has 20 heavy (non-hydrogen) atoms. The Morgan fingerprint density at radius 3 is 2.50 bits per heavy atom. The summed E-state index contributed by atoms with van der Waals surface area (Å²) in [5.74, 6) is -0.0708. The maximum atomic E-state index is 12.1. The average Bonchev–Trinajstić information content (AvgIpc) is 2.38. The number of carbonyl (C=O) groups excluding carboxylic acids is 1. The van der Waals surface area contributed by atoms with Gasteiger partial charge in [0, 0.05) is 23.2 Å². The minimum atomic E-state index is -0.597. The molecule has 0 bridgehead atoms. The van der Waals surface area contributed by atoms with Crippen LogP contribution in [-0.2, 0) is 4.79 Å². The maximum absolute atomic E-state index is 12.1. The van der Waals surface area contributed by atoms with Gasteiger partial charge in [0.15, 0.2) is 0 Å². The zero-order chi connectivity index (χ0) is 15.1. The number of nitrogens with one attached hydrogen (secondary N) is 1. The molecule has 112 valence electrons. The molecule has 0 saturated carbocycles. The summed E-state index contributed by atoms with van der Waals surface area (Å²) in [4.78, 5) is 12.1. The molecule has 0 aliphatic rings. The van der Waals surface area contributed by atoms with Gasteiger partial charge in [-0.25, -0.2) is 0 Å². The molecule has 1 amide bonds. The van der Waals surface area contributed by atoms with Crippen LogP contribution in [0.4, 0.5) is 5.69 Å². The van der Waals surface area contributed by atoms with Crippen molar-refractivity contribution in [2.24, 2.45) is 11.7 Å². The Balaban J connectivity index is 2.57. The topological polar surface area (TPSA) is 75.4 Å². The van der Waals surface area contributed by atoms with Gasteiger partial charge in [-0.3, -0.25) is 4.79 Å². The fraction of sp³-hybridized carbons (Fsp3) is 0.562. The molecule has 0 aliphatic heterocycles. The van der Waals surface area contributed by atoms with Gasteiger partial charge in [0.05, 0.1) is 6.10 Å². The van der Waals surface area contributed by atoms with Crippen LogP contribution in [0.25, 0.3) is 0 Å². The van der Waals surface area contributed by atoms with E-state index in [4.69, 9.17) is 5.73 Å². The maximum Gasteiger partial charge on any atom is 0.227 e. The zero-order valence-corrected chi connectivity index (χ0v) is 12.6. The quantitative estimate of drug-likeness (QED) is 0.718. The molecular weight excluding hydrogens is 252 g/mol. The van der Waals surface area contributed by atoms with E-state index < -0.39 is 6.10 Å². The van der Waals surface area contributed by atoms with E-state index in [0.717, 1.165) is 24.8 Å². The Morgan fingerprint density at radius 1 is 1.25 bits per heavy atom. The standard InChI is InChI=1S/C16H26N2O2/c1-11(7-6-8-12(2)17)16(20)18-15-10-5-4-9-14(15)13(3)19/h4-5,9-13,19H,6-8,17H2,1-3H3,(H,18,20). The fourth-order valence-corrected chi connectivity index (χ4v) is 2.11. The molecule has 4 nitrogen and oxygen atoms in total. The van der Waals surface area contributed by atoms with Crippen LogP contribution in [-0.4, -0.2) is 17.1 Å². The lowest BCUT2D eigenvalue weighted by Crippen LogP contribution is -2.22. The van der Waals surface area contributed by atoms with Crippen molar-refractivity contribution in [2.75, 3.05) is 5.32 Å². The van der Waals surface area contributed by atoms with Crippen molar-refractivity contribution in [3.8, 4) is 0 Å². The number of rotatable bonds is 7. The third-order valence-electron chi connectivity index (χ3n) is 3.41. The lowest BCUT2D eigenvalue weighted by molar-refractivity contribution is -0.119. The van der Waals surface area contributed by atoms with E-state index in [9.17, 15) is 9.90 Å². The van der Waals surface area contributed by atoms with Gasteiger partial charge in [0.1, 0.15) is 0 Å². The molecule has 1 aromatic carbocycles. The lowest BCUT2D eigenvalue weighted by atomic mass is 10.0. The second-order valence-corrected chi connectivity index (χ2v) is 5.56. The molecule has 0 saturated heterocycles. The largest absolute Gasteiger partial charge is 0.389 e. The number of para-hydroxylation sites is 1. The zero-order valence-electron chi connectivity index (χ0n) is 12.6. The van der Waals surface area contributed by atoms with Gasteiger partial charge >= 0.3 is 0 Å². The molecule has 1 aromatic rings. The number of nitrogens with two attached hydrogens (primary N) is 1. The highest BCUT2D eigenvalue weighted by molar-refractivity contribution is 5.93. The lowest BCUT2D eigenvalue weighted by Gasteiger charge is -2.16. The highest BCUT2D eigenvalue weighted by Gasteiger charge is 2.15. The number of anilines is 1. The summed E-state index contributed by atoms with van der Waals surface area (Å²) in [6.07, 6.45) is 2.11. The van der Waals surface area contributed by atoms with Crippen LogP contribution in [0.3, 0.4) is 0 Å². The molecule has 0 heterocycles.